The number of pyridine rings is 1. The number of hydrogen-bond donors (Lipinski definition) is 1. The molecule has 6 nitrogen and oxygen atoms in total. The Morgan fingerprint density at radius 1 is 1.41 bits per heavy atom. The third-order valence-corrected chi connectivity index (χ3v) is 4.46. The zero-order chi connectivity index (χ0) is 15.4. The first-order chi connectivity index (χ1) is 10.7. The smallest absolute Gasteiger partial charge is 0.321 e. The highest BCUT2D eigenvalue weighted by Crippen LogP contribution is 2.20. The minimum atomic E-state index is -0.00113. The largest absolute Gasteiger partial charge is 0.379 e. The van der Waals surface area contributed by atoms with Crippen LogP contribution in [0.4, 0.5) is 10.5 Å². The second-order valence-electron chi connectivity index (χ2n) is 6.13. The van der Waals surface area contributed by atoms with Crippen LogP contribution in [0.3, 0.4) is 0 Å². The van der Waals surface area contributed by atoms with E-state index in [1.807, 2.05) is 17.9 Å². The van der Waals surface area contributed by atoms with Gasteiger partial charge in [0.25, 0.3) is 0 Å². The van der Waals surface area contributed by atoms with E-state index < -0.39 is 0 Å². The molecule has 6 heteroatoms. The Bertz CT molecular complexity index is 517. The molecule has 120 valence electrons. The van der Waals surface area contributed by atoms with Crippen LogP contribution in [0.5, 0.6) is 0 Å². The summed E-state index contributed by atoms with van der Waals surface area (Å²) in [6.07, 6.45) is 4.55. The molecule has 1 atom stereocenters. The molecule has 3 heterocycles. The Balaban J connectivity index is 1.49. The molecule has 0 radical (unpaired) electrons. The van der Waals surface area contributed by atoms with Crippen molar-refractivity contribution in [3.8, 4) is 0 Å². The number of aryl methyl sites for hydroxylation is 1. The van der Waals surface area contributed by atoms with Crippen LogP contribution >= 0.6 is 0 Å². The summed E-state index contributed by atoms with van der Waals surface area (Å²) < 4.78 is 5.38. The van der Waals surface area contributed by atoms with Crippen molar-refractivity contribution in [3.05, 3.63) is 24.0 Å². The zero-order valence-electron chi connectivity index (χ0n) is 13.1. The Morgan fingerprint density at radius 2 is 2.23 bits per heavy atom. The molecule has 1 N–H and O–H groups in total. The fraction of sp³-hybridized carbons (Fsp3) is 0.625. The first-order valence-corrected chi connectivity index (χ1v) is 7.99. The molecule has 1 aromatic heterocycles. The van der Waals surface area contributed by atoms with Crippen molar-refractivity contribution in [1.82, 2.24) is 14.8 Å². The molecule has 1 aromatic rings. The third-order valence-electron chi connectivity index (χ3n) is 4.46. The van der Waals surface area contributed by atoms with Gasteiger partial charge < -0.3 is 15.0 Å². The zero-order valence-corrected chi connectivity index (χ0v) is 13.1. The van der Waals surface area contributed by atoms with Gasteiger partial charge in [-0.05, 0) is 30.9 Å². The van der Waals surface area contributed by atoms with Crippen LogP contribution in [0.15, 0.2) is 18.5 Å². The van der Waals surface area contributed by atoms with Crippen LogP contribution in [0.2, 0.25) is 0 Å². The van der Waals surface area contributed by atoms with Gasteiger partial charge in [0.15, 0.2) is 0 Å². The maximum atomic E-state index is 12.4. The molecule has 2 fully saturated rings. The van der Waals surface area contributed by atoms with Gasteiger partial charge in [-0.25, -0.2) is 4.79 Å². The van der Waals surface area contributed by atoms with Crippen LogP contribution in [-0.4, -0.2) is 66.8 Å². The number of nitrogens with zero attached hydrogens (tertiary/aromatic N) is 3. The lowest BCUT2D eigenvalue weighted by molar-refractivity contribution is 0.0314. The molecule has 1 unspecified atom stereocenters. The summed E-state index contributed by atoms with van der Waals surface area (Å²) in [5.74, 6) is 0.572. The van der Waals surface area contributed by atoms with Crippen molar-refractivity contribution in [1.29, 1.82) is 0 Å². The normalized spacial score (nSPS) is 22.8. The number of carbonyl (C=O) groups is 1. The summed E-state index contributed by atoms with van der Waals surface area (Å²) in [7, 11) is 0. The van der Waals surface area contributed by atoms with E-state index in [2.05, 4.69) is 15.2 Å². The summed E-state index contributed by atoms with van der Waals surface area (Å²) >= 11 is 0. The molecule has 0 bridgehead atoms. The number of morpholine rings is 1. The highest BCUT2D eigenvalue weighted by Gasteiger charge is 2.28. The fourth-order valence-corrected chi connectivity index (χ4v) is 3.12. The molecule has 0 saturated carbocycles. The van der Waals surface area contributed by atoms with Gasteiger partial charge in [-0.2, -0.15) is 0 Å². The number of rotatable bonds is 3. The predicted octanol–water partition coefficient (Wildman–Crippen LogP) is 1.58. The summed E-state index contributed by atoms with van der Waals surface area (Å²) in [6, 6.07) is 1.84. The van der Waals surface area contributed by atoms with Crippen molar-refractivity contribution in [2.45, 2.75) is 13.3 Å². The van der Waals surface area contributed by atoms with Crippen molar-refractivity contribution in [3.63, 3.8) is 0 Å². The number of ether oxygens (including phenoxy) is 1. The van der Waals surface area contributed by atoms with Crippen LogP contribution in [0, 0.1) is 12.8 Å². The van der Waals surface area contributed by atoms with Gasteiger partial charge >= 0.3 is 6.03 Å². The van der Waals surface area contributed by atoms with Gasteiger partial charge in [-0.15, -0.1) is 0 Å². The topological polar surface area (TPSA) is 57.7 Å². The molecule has 0 spiro atoms. The Hall–Kier alpha value is -1.66. The maximum Gasteiger partial charge on any atom is 0.321 e. The summed E-state index contributed by atoms with van der Waals surface area (Å²) in [4.78, 5) is 20.8. The molecule has 2 amide bonds. The lowest BCUT2D eigenvalue weighted by atomic mass is 10.1. The highest BCUT2D eigenvalue weighted by atomic mass is 16.5. The summed E-state index contributed by atoms with van der Waals surface area (Å²) in [5.41, 5.74) is 1.83. The standard InChI is InChI=1S/C16H24N4O2/c1-13-10-17-4-2-15(13)18-16(21)20-5-3-14(12-20)11-19-6-8-22-9-7-19/h2,4,10,14H,3,5-9,11-12H2,1H3,(H,17,18,21). The van der Waals surface area contributed by atoms with E-state index in [9.17, 15) is 4.79 Å². The quantitative estimate of drug-likeness (QED) is 0.921. The first kappa shape index (κ1) is 15.2. The fourth-order valence-electron chi connectivity index (χ4n) is 3.12. The van der Waals surface area contributed by atoms with Gasteiger partial charge in [0.1, 0.15) is 0 Å². The van der Waals surface area contributed by atoms with Crippen LogP contribution in [0.25, 0.3) is 0 Å². The number of hydrogen-bond acceptors (Lipinski definition) is 4. The van der Waals surface area contributed by atoms with Crippen LogP contribution in [0.1, 0.15) is 12.0 Å². The van der Waals surface area contributed by atoms with E-state index in [-0.39, 0.29) is 6.03 Å². The molecular weight excluding hydrogens is 280 g/mol. The molecule has 2 saturated heterocycles. The minimum absolute atomic E-state index is 0.00113. The second-order valence-corrected chi connectivity index (χ2v) is 6.13. The second kappa shape index (κ2) is 7.07. The molecule has 2 aliphatic heterocycles. The average molecular weight is 304 g/mol. The number of anilines is 1. The van der Waals surface area contributed by atoms with Gasteiger partial charge in [0, 0.05) is 50.8 Å². The lowest BCUT2D eigenvalue weighted by Crippen LogP contribution is -2.40. The molecule has 0 aliphatic carbocycles. The van der Waals surface area contributed by atoms with Gasteiger partial charge in [0.05, 0.1) is 13.2 Å². The minimum Gasteiger partial charge on any atom is -0.379 e. The Kier molecular flexibility index (Phi) is 4.90. The molecule has 3 rings (SSSR count). The number of likely N-dealkylation sites (tertiary alicyclic amines) is 1. The number of amides is 2. The van der Waals surface area contributed by atoms with Crippen molar-refractivity contribution in [2.24, 2.45) is 5.92 Å². The van der Waals surface area contributed by atoms with Gasteiger partial charge in [-0.3, -0.25) is 9.88 Å². The number of nitrogens with one attached hydrogen (secondary N) is 1. The van der Waals surface area contributed by atoms with Crippen LogP contribution in [-0.2, 0) is 4.74 Å². The summed E-state index contributed by atoms with van der Waals surface area (Å²) in [6.45, 7) is 8.39. The lowest BCUT2D eigenvalue weighted by Gasteiger charge is -2.29. The number of carbonyl (C=O) groups excluding carboxylic acids is 1. The molecule has 0 aromatic carbocycles. The Labute approximate surface area is 131 Å². The van der Waals surface area contributed by atoms with E-state index in [1.165, 1.54) is 0 Å². The molecule has 22 heavy (non-hydrogen) atoms. The summed E-state index contributed by atoms with van der Waals surface area (Å²) in [5, 5.41) is 2.99. The first-order valence-electron chi connectivity index (χ1n) is 7.99. The van der Waals surface area contributed by atoms with Crippen molar-refractivity contribution >= 4 is 11.7 Å². The van der Waals surface area contributed by atoms with E-state index in [4.69, 9.17) is 4.74 Å². The van der Waals surface area contributed by atoms with Crippen LogP contribution < -0.4 is 5.32 Å². The van der Waals surface area contributed by atoms with Crippen molar-refractivity contribution < 1.29 is 9.53 Å². The molecule has 2 aliphatic rings. The van der Waals surface area contributed by atoms with E-state index in [1.54, 1.807) is 12.4 Å². The van der Waals surface area contributed by atoms with E-state index in [0.29, 0.717) is 5.92 Å². The number of aromatic nitrogens is 1. The third kappa shape index (κ3) is 3.75. The average Bonchev–Trinajstić information content (AvgIpc) is 2.99. The van der Waals surface area contributed by atoms with E-state index >= 15 is 0 Å². The maximum absolute atomic E-state index is 12.4. The Morgan fingerprint density at radius 3 is 3.00 bits per heavy atom. The van der Waals surface area contributed by atoms with Gasteiger partial charge in [-0.1, -0.05) is 0 Å². The van der Waals surface area contributed by atoms with Gasteiger partial charge in [0.2, 0.25) is 0 Å². The monoisotopic (exact) mass is 304 g/mol. The number of urea groups is 1. The highest BCUT2D eigenvalue weighted by molar-refractivity contribution is 5.90. The SMILES string of the molecule is Cc1cnccc1NC(=O)N1CCC(CN2CCOCC2)C1. The van der Waals surface area contributed by atoms with Crippen molar-refractivity contribution in [2.75, 3.05) is 51.3 Å². The van der Waals surface area contributed by atoms with E-state index in [0.717, 1.165) is 63.6 Å². The predicted molar refractivity (Wildman–Crippen MR) is 84.9 cm³/mol. The molecular formula is C16H24N4O2.